The molecule has 0 bridgehead atoms. The standard InChI is InChI=1S/C14H14ClN3O/c1-7-4-5-9(15)10-11(7)18-12(14(10,2)3)8(6-16)13(17)19/h4-5,18H,1-3H3,(H2,17,19)/b12-8-. The fourth-order valence-corrected chi connectivity index (χ4v) is 2.86. The number of hydrogen-bond acceptors (Lipinski definition) is 3. The maximum absolute atomic E-state index is 11.4. The Morgan fingerprint density at radius 2 is 2.11 bits per heavy atom. The van der Waals surface area contributed by atoms with Crippen LogP contribution < -0.4 is 11.1 Å². The highest BCUT2D eigenvalue weighted by molar-refractivity contribution is 6.32. The average molecular weight is 276 g/mol. The number of allylic oxidation sites excluding steroid dienone is 1. The number of halogens is 1. The number of aryl methyl sites for hydroxylation is 1. The number of primary amides is 1. The van der Waals surface area contributed by atoms with Gasteiger partial charge in [0.25, 0.3) is 5.91 Å². The largest absolute Gasteiger partial charge is 0.365 e. The topological polar surface area (TPSA) is 78.9 Å². The van der Waals surface area contributed by atoms with Crippen molar-refractivity contribution in [2.75, 3.05) is 5.32 Å². The Labute approximate surface area is 116 Å². The van der Waals surface area contributed by atoms with E-state index in [2.05, 4.69) is 5.32 Å². The maximum Gasteiger partial charge on any atom is 0.261 e. The molecule has 0 fully saturated rings. The number of amides is 1. The first kappa shape index (κ1) is 13.4. The average Bonchev–Trinajstić information content (AvgIpc) is 2.59. The van der Waals surface area contributed by atoms with Crippen molar-refractivity contribution in [3.8, 4) is 6.07 Å². The molecule has 0 unspecified atom stereocenters. The quantitative estimate of drug-likeness (QED) is 0.611. The molecule has 1 aliphatic rings. The summed E-state index contributed by atoms with van der Waals surface area (Å²) in [5, 5.41) is 12.9. The molecule has 1 aromatic rings. The van der Waals surface area contributed by atoms with E-state index in [0.717, 1.165) is 16.8 Å². The molecule has 98 valence electrons. The zero-order chi connectivity index (χ0) is 14.4. The SMILES string of the molecule is Cc1ccc(Cl)c2c1N/C(=C(/C#N)C(N)=O)C2(C)C. The molecule has 0 spiro atoms. The third-order valence-electron chi connectivity index (χ3n) is 3.47. The van der Waals surface area contributed by atoms with Crippen molar-refractivity contribution in [1.29, 1.82) is 5.26 Å². The van der Waals surface area contributed by atoms with Crippen LogP contribution in [-0.4, -0.2) is 5.91 Å². The first-order valence-corrected chi connectivity index (χ1v) is 6.19. The second-order valence-electron chi connectivity index (χ2n) is 5.09. The number of nitrogens with zero attached hydrogens (tertiary/aromatic N) is 1. The Bertz CT molecular complexity index is 653. The number of anilines is 1. The first-order chi connectivity index (χ1) is 8.80. The lowest BCUT2D eigenvalue weighted by Gasteiger charge is -2.22. The molecule has 19 heavy (non-hydrogen) atoms. The van der Waals surface area contributed by atoms with Crippen LogP contribution in [0.4, 0.5) is 5.69 Å². The lowest BCUT2D eigenvalue weighted by molar-refractivity contribution is -0.114. The highest BCUT2D eigenvalue weighted by Gasteiger charge is 2.40. The normalized spacial score (nSPS) is 18.3. The van der Waals surface area contributed by atoms with E-state index >= 15 is 0 Å². The van der Waals surface area contributed by atoms with Gasteiger partial charge in [-0.25, -0.2) is 0 Å². The van der Waals surface area contributed by atoms with Gasteiger partial charge in [0.1, 0.15) is 11.6 Å². The van der Waals surface area contributed by atoms with E-state index in [4.69, 9.17) is 22.6 Å². The monoisotopic (exact) mass is 275 g/mol. The number of carbonyl (C=O) groups excluding carboxylic acids is 1. The zero-order valence-electron chi connectivity index (χ0n) is 11.0. The van der Waals surface area contributed by atoms with E-state index in [1.165, 1.54) is 0 Å². The van der Waals surface area contributed by atoms with Gasteiger partial charge < -0.3 is 11.1 Å². The van der Waals surface area contributed by atoms with Gasteiger partial charge in [-0.2, -0.15) is 5.26 Å². The van der Waals surface area contributed by atoms with E-state index in [9.17, 15) is 4.79 Å². The Morgan fingerprint density at radius 3 is 2.58 bits per heavy atom. The Morgan fingerprint density at radius 1 is 1.47 bits per heavy atom. The summed E-state index contributed by atoms with van der Waals surface area (Å²) in [4.78, 5) is 11.4. The minimum absolute atomic E-state index is 0.0586. The number of hydrogen-bond donors (Lipinski definition) is 2. The van der Waals surface area contributed by atoms with E-state index < -0.39 is 11.3 Å². The van der Waals surface area contributed by atoms with Crippen molar-refractivity contribution in [2.24, 2.45) is 5.73 Å². The second-order valence-corrected chi connectivity index (χ2v) is 5.50. The molecule has 1 amide bonds. The molecule has 0 saturated heterocycles. The van der Waals surface area contributed by atoms with Crippen molar-refractivity contribution in [3.63, 3.8) is 0 Å². The van der Waals surface area contributed by atoms with E-state index in [1.54, 1.807) is 0 Å². The summed E-state index contributed by atoms with van der Waals surface area (Å²) in [6, 6.07) is 5.58. The van der Waals surface area contributed by atoms with Gasteiger partial charge in [-0.3, -0.25) is 4.79 Å². The number of nitrogens with one attached hydrogen (secondary N) is 1. The van der Waals surface area contributed by atoms with Gasteiger partial charge in [-0.15, -0.1) is 0 Å². The lowest BCUT2D eigenvalue weighted by atomic mass is 9.81. The molecule has 1 heterocycles. The number of fused-ring (bicyclic) bond motifs is 1. The van der Waals surface area contributed by atoms with Crippen LogP contribution >= 0.6 is 11.6 Å². The summed E-state index contributed by atoms with van der Waals surface area (Å²) < 4.78 is 0. The summed E-state index contributed by atoms with van der Waals surface area (Å²) in [6.45, 7) is 5.76. The molecule has 0 aromatic heterocycles. The van der Waals surface area contributed by atoms with Crippen LogP contribution in [0.3, 0.4) is 0 Å². The first-order valence-electron chi connectivity index (χ1n) is 5.82. The van der Waals surface area contributed by atoms with Crippen molar-refractivity contribution in [1.82, 2.24) is 0 Å². The number of benzene rings is 1. The highest BCUT2D eigenvalue weighted by Crippen LogP contribution is 2.48. The van der Waals surface area contributed by atoms with Crippen molar-refractivity contribution in [2.45, 2.75) is 26.2 Å². The van der Waals surface area contributed by atoms with E-state index in [1.807, 2.05) is 39.0 Å². The fraction of sp³-hybridized carbons (Fsp3) is 0.286. The molecule has 0 atom stereocenters. The van der Waals surface area contributed by atoms with Gasteiger partial charge >= 0.3 is 0 Å². The third-order valence-corrected chi connectivity index (χ3v) is 3.79. The highest BCUT2D eigenvalue weighted by atomic mass is 35.5. The number of nitriles is 1. The molecule has 1 aromatic carbocycles. The van der Waals surface area contributed by atoms with Crippen LogP contribution in [0.15, 0.2) is 23.4 Å². The summed E-state index contributed by atoms with van der Waals surface area (Å²) in [6.07, 6.45) is 0. The smallest absolute Gasteiger partial charge is 0.261 e. The summed E-state index contributed by atoms with van der Waals surface area (Å²) in [7, 11) is 0. The van der Waals surface area contributed by atoms with Crippen molar-refractivity contribution < 1.29 is 4.79 Å². The second kappa shape index (κ2) is 4.29. The summed E-state index contributed by atoms with van der Waals surface area (Å²) >= 11 is 6.26. The van der Waals surface area contributed by atoms with Crippen LogP contribution in [-0.2, 0) is 10.2 Å². The van der Waals surface area contributed by atoms with Crippen molar-refractivity contribution in [3.05, 3.63) is 39.6 Å². The van der Waals surface area contributed by atoms with Gasteiger partial charge in [0.05, 0.1) is 0 Å². The van der Waals surface area contributed by atoms with E-state index in [0.29, 0.717) is 10.7 Å². The molecular weight excluding hydrogens is 262 g/mol. The Balaban J connectivity index is 2.78. The minimum Gasteiger partial charge on any atom is -0.365 e. The minimum atomic E-state index is -0.736. The molecule has 0 radical (unpaired) electrons. The van der Waals surface area contributed by atoms with Crippen LogP contribution in [0.1, 0.15) is 25.0 Å². The molecule has 0 saturated carbocycles. The zero-order valence-corrected chi connectivity index (χ0v) is 11.7. The van der Waals surface area contributed by atoms with Crippen LogP contribution in [0.2, 0.25) is 5.02 Å². The van der Waals surface area contributed by atoms with Gasteiger partial charge in [0.2, 0.25) is 0 Å². The third kappa shape index (κ3) is 1.87. The van der Waals surface area contributed by atoms with Gasteiger partial charge in [0, 0.05) is 27.4 Å². The maximum atomic E-state index is 11.4. The van der Waals surface area contributed by atoms with Crippen molar-refractivity contribution >= 4 is 23.2 Å². The molecular formula is C14H14ClN3O. The number of nitrogens with two attached hydrogens (primary N) is 1. The molecule has 2 rings (SSSR count). The van der Waals surface area contributed by atoms with Gasteiger partial charge in [0.15, 0.2) is 0 Å². The molecule has 4 nitrogen and oxygen atoms in total. The lowest BCUT2D eigenvalue weighted by Crippen LogP contribution is -2.25. The number of rotatable bonds is 1. The summed E-state index contributed by atoms with van der Waals surface area (Å²) in [5.41, 5.74) is 7.90. The molecule has 0 aliphatic carbocycles. The number of carbonyl (C=O) groups is 1. The fourth-order valence-electron chi connectivity index (χ4n) is 2.47. The predicted molar refractivity (Wildman–Crippen MR) is 74.7 cm³/mol. The van der Waals surface area contributed by atoms with Crippen LogP contribution in [0.5, 0.6) is 0 Å². The van der Waals surface area contributed by atoms with Gasteiger partial charge in [-0.05, 0) is 18.6 Å². The van der Waals surface area contributed by atoms with Gasteiger partial charge in [-0.1, -0.05) is 31.5 Å². The van der Waals surface area contributed by atoms with E-state index in [-0.39, 0.29) is 5.57 Å². The van der Waals surface area contributed by atoms with Crippen LogP contribution in [0.25, 0.3) is 0 Å². The molecule has 3 N–H and O–H groups in total. The molecule has 1 aliphatic heterocycles. The Kier molecular flexibility index (Phi) is 3.03. The predicted octanol–water partition coefficient (Wildman–Crippen LogP) is 2.61. The molecule has 5 heteroatoms. The Hall–Kier alpha value is -1.99. The van der Waals surface area contributed by atoms with Crippen LogP contribution in [0, 0.1) is 18.3 Å². The summed E-state index contributed by atoms with van der Waals surface area (Å²) in [5.74, 6) is -0.736.